The number of amides is 2. The summed E-state index contributed by atoms with van der Waals surface area (Å²) in [4.78, 5) is 33.0. The van der Waals surface area contributed by atoms with Gasteiger partial charge in [0.15, 0.2) is 4.80 Å². The van der Waals surface area contributed by atoms with E-state index in [1.165, 1.54) is 4.90 Å². The maximum atomic E-state index is 12.8. The van der Waals surface area contributed by atoms with E-state index in [4.69, 9.17) is 0 Å². The number of benzene rings is 2. The summed E-state index contributed by atoms with van der Waals surface area (Å²) in [5, 5.41) is 0. The molecule has 2 amide bonds. The molecule has 1 fully saturated rings. The largest absolute Gasteiger partial charge is 0.326 e. The van der Waals surface area contributed by atoms with E-state index < -0.39 is 0 Å². The second-order valence-corrected chi connectivity index (χ2v) is 7.64. The highest BCUT2D eigenvalue weighted by atomic mass is 32.1. The van der Waals surface area contributed by atoms with Gasteiger partial charge in [-0.15, -0.1) is 11.3 Å². The zero-order chi connectivity index (χ0) is 18.8. The molecule has 5 nitrogen and oxygen atoms in total. The molecule has 1 aromatic heterocycles. The van der Waals surface area contributed by atoms with Gasteiger partial charge in [-0.25, -0.2) is 4.99 Å². The van der Waals surface area contributed by atoms with Crippen molar-refractivity contribution in [1.29, 1.82) is 0 Å². The summed E-state index contributed by atoms with van der Waals surface area (Å²) in [7, 11) is 1.94. The van der Waals surface area contributed by atoms with Gasteiger partial charge in [-0.05, 0) is 30.7 Å². The van der Waals surface area contributed by atoms with E-state index >= 15 is 0 Å². The van der Waals surface area contributed by atoms with Crippen LogP contribution in [-0.2, 0) is 23.1 Å². The van der Waals surface area contributed by atoms with Crippen molar-refractivity contribution in [1.82, 2.24) is 4.57 Å². The van der Waals surface area contributed by atoms with E-state index in [1.54, 1.807) is 23.5 Å². The van der Waals surface area contributed by atoms with Gasteiger partial charge in [-0.2, -0.15) is 0 Å². The molecule has 0 spiro atoms. The van der Waals surface area contributed by atoms with Crippen LogP contribution in [0.3, 0.4) is 0 Å². The minimum absolute atomic E-state index is 0.121. The molecule has 6 heteroatoms. The van der Waals surface area contributed by atoms with E-state index in [2.05, 4.69) is 4.99 Å². The van der Waals surface area contributed by atoms with Gasteiger partial charge in [0, 0.05) is 24.5 Å². The van der Waals surface area contributed by atoms with Crippen LogP contribution < -0.4 is 9.70 Å². The number of thiazole rings is 1. The van der Waals surface area contributed by atoms with Crippen LogP contribution >= 0.6 is 11.3 Å². The van der Waals surface area contributed by atoms with Crippen molar-refractivity contribution in [3.8, 4) is 0 Å². The number of hydrogen-bond acceptors (Lipinski definition) is 4. The first-order valence-electron chi connectivity index (χ1n) is 8.79. The number of hydrogen-bond donors (Lipinski definition) is 0. The molecule has 1 atom stereocenters. The molecule has 1 unspecified atom stereocenters. The Balaban J connectivity index is 1.55. The molecule has 0 N–H and O–H groups in total. The van der Waals surface area contributed by atoms with Crippen LogP contribution in [0.15, 0.2) is 71.9 Å². The highest BCUT2D eigenvalue weighted by Crippen LogP contribution is 2.29. The average Bonchev–Trinajstić information content (AvgIpc) is 3.15. The van der Waals surface area contributed by atoms with Crippen LogP contribution in [-0.4, -0.2) is 16.4 Å². The molecular weight excluding hydrogens is 358 g/mol. The normalized spacial score (nSPS) is 17.7. The van der Waals surface area contributed by atoms with Gasteiger partial charge >= 0.3 is 0 Å². The fourth-order valence-electron chi connectivity index (χ4n) is 3.24. The lowest BCUT2D eigenvalue weighted by atomic mass is 10.0. The smallest absolute Gasteiger partial charge is 0.237 e. The second kappa shape index (κ2) is 7.32. The van der Waals surface area contributed by atoms with Crippen molar-refractivity contribution in [3.05, 3.63) is 76.5 Å². The van der Waals surface area contributed by atoms with Crippen LogP contribution in [0.25, 0.3) is 0 Å². The van der Waals surface area contributed by atoms with E-state index in [0.717, 1.165) is 15.4 Å². The van der Waals surface area contributed by atoms with E-state index in [9.17, 15) is 9.59 Å². The van der Waals surface area contributed by atoms with Crippen LogP contribution in [0, 0.1) is 5.92 Å². The Morgan fingerprint density at radius 3 is 2.41 bits per heavy atom. The number of anilines is 1. The van der Waals surface area contributed by atoms with Gasteiger partial charge in [0.1, 0.15) is 0 Å². The topological polar surface area (TPSA) is 54.7 Å². The molecule has 2 heterocycles. The number of aromatic nitrogens is 1. The Morgan fingerprint density at radius 2 is 1.70 bits per heavy atom. The molecular formula is C21H19N3O2S. The van der Waals surface area contributed by atoms with E-state index in [-0.39, 0.29) is 24.2 Å². The monoisotopic (exact) mass is 377 g/mol. The van der Waals surface area contributed by atoms with Crippen LogP contribution in [0.1, 0.15) is 11.3 Å². The standard InChI is InChI=1S/C21H19N3O2S/c1-23-14-18(27-21(23)22-16-8-4-2-5-9-16)12-15-13-19(25)24(20(15)26)17-10-6-3-7-11-17/h2-11,14-15H,12-13H2,1H3. The van der Waals surface area contributed by atoms with Gasteiger partial charge in [0.25, 0.3) is 0 Å². The van der Waals surface area contributed by atoms with Gasteiger partial charge in [0.05, 0.1) is 17.3 Å². The van der Waals surface area contributed by atoms with Gasteiger partial charge in [-0.1, -0.05) is 36.4 Å². The fourth-order valence-corrected chi connectivity index (χ4v) is 4.32. The molecule has 1 aliphatic rings. The van der Waals surface area contributed by atoms with Crippen molar-refractivity contribution in [2.75, 3.05) is 4.90 Å². The number of rotatable bonds is 4. The summed E-state index contributed by atoms with van der Waals surface area (Å²) in [5.41, 5.74) is 1.54. The van der Waals surface area contributed by atoms with Crippen molar-refractivity contribution in [2.24, 2.45) is 18.0 Å². The predicted octanol–water partition coefficient (Wildman–Crippen LogP) is 3.44. The summed E-state index contributed by atoms with van der Waals surface area (Å²) in [5.74, 6) is -0.573. The lowest BCUT2D eigenvalue weighted by molar-refractivity contribution is -0.122. The summed E-state index contributed by atoms with van der Waals surface area (Å²) in [6.07, 6.45) is 2.80. The summed E-state index contributed by atoms with van der Waals surface area (Å²) >= 11 is 1.56. The number of nitrogens with zero attached hydrogens (tertiary/aromatic N) is 3. The number of carbonyl (C=O) groups is 2. The number of imide groups is 1. The fraction of sp³-hybridized carbons (Fsp3) is 0.190. The quantitative estimate of drug-likeness (QED) is 0.654. The van der Waals surface area contributed by atoms with Crippen LogP contribution in [0.2, 0.25) is 0 Å². The maximum absolute atomic E-state index is 12.8. The minimum atomic E-state index is -0.319. The maximum Gasteiger partial charge on any atom is 0.237 e. The summed E-state index contributed by atoms with van der Waals surface area (Å²) in [6.45, 7) is 0. The van der Waals surface area contributed by atoms with Crippen molar-refractivity contribution in [3.63, 3.8) is 0 Å². The van der Waals surface area contributed by atoms with Gasteiger partial charge < -0.3 is 4.57 Å². The predicted molar refractivity (Wildman–Crippen MR) is 106 cm³/mol. The second-order valence-electron chi connectivity index (χ2n) is 6.55. The summed E-state index contributed by atoms with van der Waals surface area (Å²) in [6, 6.07) is 18.9. The Labute approximate surface area is 161 Å². The molecule has 136 valence electrons. The number of para-hydroxylation sites is 2. The highest BCUT2D eigenvalue weighted by molar-refractivity contribution is 7.09. The minimum Gasteiger partial charge on any atom is -0.326 e. The lowest BCUT2D eigenvalue weighted by Gasteiger charge is -2.14. The molecule has 0 saturated carbocycles. The van der Waals surface area contributed by atoms with Crippen molar-refractivity contribution in [2.45, 2.75) is 12.8 Å². The Kier molecular flexibility index (Phi) is 4.73. The molecule has 2 aromatic carbocycles. The van der Waals surface area contributed by atoms with Crippen LogP contribution in [0.5, 0.6) is 0 Å². The molecule has 0 bridgehead atoms. The third kappa shape index (κ3) is 3.61. The van der Waals surface area contributed by atoms with Gasteiger partial charge in [-0.3, -0.25) is 14.5 Å². The molecule has 0 radical (unpaired) electrons. The third-order valence-electron chi connectivity index (χ3n) is 4.54. The van der Waals surface area contributed by atoms with Crippen LogP contribution in [0.4, 0.5) is 11.4 Å². The van der Waals surface area contributed by atoms with Crippen molar-refractivity contribution < 1.29 is 9.59 Å². The molecule has 27 heavy (non-hydrogen) atoms. The third-order valence-corrected chi connectivity index (χ3v) is 5.64. The first-order chi connectivity index (χ1) is 13.1. The number of carbonyl (C=O) groups excluding carboxylic acids is 2. The SMILES string of the molecule is Cn1cc(CC2CC(=O)N(c3ccccc3)C2=O)sc1=Nc1ccccc1. The zero-order valence-electron chi connectivity index (χ0n) is 14.9. The average molecular weight is 377 g/mol. The molecule has 1 aliphatic heterocycles. The first-order valence-corrected chi connectivity index (χ1v) is 9.60. The molecule has 1 saturated heterocycles. The first kappa shape index (κ1) is 17.4. The molecule has 3 aromatic rings. The summed E-state index contributed by atoms with van der Waals surface area (Å²) < 4.78 is 1.96. The highest BCUT2D eigenvalue weighted by Gasteiger charge is 2.39. The Hall–Kier alpha value is -2.99. The van der Waals surface area contributed by atoms with E-state index in [0.29, 0.717) is 12.1 Å². The molecule has 4 rings (SSSR count). The Bertz CT molecular complexity index is 1040. The molecule has 0 aliphatic carbocycles. The Morgan fingerprint density at radius 1 is 1.04 bits per heavy atom. The lowest BCUT2D eigenvalue weighted by Crippen LogP contribution is -2.30. The van der Waals surface area contributed by atoms with Gasteiger partial charge in [0.2, 0.25) is 11.8 Å². The number of aryl methyl sites for hydroxylation is 1. The van der Waals surface area contributed by atoms with E-state index in [1.807, 2.05) is 66.3 Å². The van der Waals surface area contributed by atoms with Crippen molar-refractivity contribution >= 4 is 34.5 Å². The zero-order valence-corrected chi connectivity index (χ0v) is 15.7.